The number of carbonyl (C=O) groups excluding carboxylic acids is 1. The van der Waals surface area contributed by atoms with E-state index < -0.39 is 6.04 Å². The fourth-order valence-corrected chi connectivity index (χ4v) is 4.63. The topological polar surface area (TPSA) is 103 Å². The summed E-state index contributed by atoms with van der Waals surface area (Å²) in [6.07, 6.45) is 0. The fourth-order valence-electron chi connectivity index (χ4n) is 4.63. The second kappa shape index (κ2) is 10.6. The lowest BCUT2D eigenvalue weighted by atomic mass is 9.87. The summed E-state index contributed by atoms with van der Waals surface area (Å²) in [6.45, 7) is 8.79. The smallest absolute Gasteiger partial charge is 0.255 e. The highest BCUT2D eigenvalue weighted by Crippen LogP contribution is 2.39. The normalized spacial score (nSPS) is 14.8. The number of carbonyl (C=O) groups is 1. The minimum atomic E-state index is -0.620. The van der Waals surface area contributed by atoms with E-state index in [0.717, 1.165) is 11.1 Å². The van der Waals surface area contributed by atoms with Crippen LogP contribution in [0.2, 0.25) is 0 Å². The van der Waals surface area contributed by atoms with Gasteiger partial charge in [0, 0.05) is 11.3 Å². The van der Waals surface area contributed by atoms with Crippen LogP contribution in [-0.2, 0) is 16.8 Å². The lowest BCUT2D eigenvalue weighted by Crippen LogP contribution is -2.32. The number of anilines is 2. The largest absolute Gasteiger partial charge is 0.495 e. The van der Waals surface area contributed by atoms with Crippen LogP contribution in [0, 0.1) is 0 Å². The highest BCUT2D eigenvalue weighted by Gasteiger charge is 2.36. The van der Waals surface area contributed by atoms with Crippen molar-refractivity contribution in [1.82, 2.24) is 20.2 Å². The summed E-state index contributed by atoms with van der Waals surface area (Å²) in [5.41, 5.74) is 4.83. The van der Waals surface area contributed by atoms with E-state index in [1.54, 1.807) is 23.9 Å². The Kier molecular flexibility index (Phi) is 7.06. The molecule has 1 aliphatic heterocycles. The quantitative estimate of drug-likeness (QED) is 0.330. The van der Waals surface area contributed by atoms with Crippen molar-refractivity contribution in [2.45, 2.75) is 45.8 Å². The van der Waals surface area contributed by atoms with Gasteiger partial charge in [-0.05, 0) is 52.1 Å². The van der Waals surface area contributed by atoms with Crippen molar-refractivity contribution in [3.63, 3.8) is 0 Å². The van der Waals surface area contributed by atoms with Gasteiger partial charge in [0.15, 0.2) is 0 Å². The Labute approximate surface area is 227 Å². The van der Waals surface area contributed by atoms with Gasteiger partial charge in [-0.15, -0.1) is 0 Å². The lowest BCUT2D eigenvalue weighted by Gasteiger charge is -2.29. The Hall–Kier alpha value is -4.66. The third kappa shape index (κ3) is 5.34. The Morgan fingerprint density at radius 1 is 1.00 bits per heavy atom. The molecule has 1 atom stereocenters. The second-order valence-electron chi connectivity index (χ2n) is 10.4. The molecule has 3 aromatic carbocycles. The Morgan fingerprint density at radius 2 is 1.69 bits per heavy atom. The SMILES string of the molecule is COc1ccccc1NC(=O)C1=C(C)Nc2nnnn2C1c1ccccc1OCc1ccc(C(C)(C)C)cc1. The maximum atomic E-state index is 13.8. The van der Waals surface area contributed by atoms with E-state index in [9.17, 15) is 4.79 Å². The van der Waals surface area contributed by atoms with Gasteiger partial charge in [-0.1, -0.05) is 80.5 Å². The van der Waals surface area contributed by atoms with Gasteiger partial charge in [-0.3, -0.25) is 4.79 Å². The molecule has 2 N–H and O–H groups in total. The number of para-hydroxylation sites is 3. The molecule has 9 nitrogen and oxygen atoms in total. The third-order valence-corrected chi connectivity index (χ3v) is 6.74. The summed E-state index contributed by atoms with van der Waals surface area (Å²) < 4.78 is 13.4. The first-order chi connectivity index (χ1) is 18.8. The first kappa shape index (κ1) is 26.0. The molecule has 1 aliphatic rings. The second-order valence-corrected chi connectivity index (χ2v) is 10.4. The number of aromatic nitrogens is 4. The molecule has 0 fully saturated rings. The van der Waals surface area contributed by atoms with Crippen molar-refractivity contribution in [3.05, 3.63) is 101 Å². The molecule has 0 saturated heterocycles. The summed E-state index contributed by atoms with van der Waals surface area (Å²) in [5, 5.41) is 18.3. The standard InChI is InChI=1S/C30H32N6O3/c1-19-26(28(37)32-23-11-7-9-13-25(23)38-5)27(36-29(31-19)33-34-35-36)22-10-6-8-12-24(22)39-18-20-14-16-21(17-15-20)30(2,3)4/h6-17,27H,18H2,1-5H3,(H,32,37)(H,31,33,35). The molecule has 1 aromatic heterocycles. The van der Waals surface area contributed by atoms with Crippen LogP contribution in [0.15, 0.2) is 84.1 Å². The average Bonchev–Trinajstić information content (AvgIpc) is 3.39. The molecule has 0 spiro atoms. The van der Waals surface area contributed by atoms with E-state index >= 15 is 0 Å². The highest BCUT2D eigenvalue weighted by molar-refractivity contribution is 6.06. The van der Waals surface area contributed by atoms with Crippen LogP contribution in [0.3, 0.4) is 0 Å². The number of ether oxygens (including phenoxy) is 2. The van der Waals surface area contributed by atoms with Crippen LogP contribution in [0.5, 0.6) is 11.5 Å². The molecule has 39 heavy (non-hydrogen) atoms. The van der Waals surface area contributed by atoms with E-state index in [0.29, 0.717) is 41.0 Å². The maximum Gasteiger partial charge on any atom is 0.255 e. The van der Waals surface area contributed by atoms with Crippen molar-refractivity contribution in [2.24, 2.45) is 0 Å². The van der Waals surface area contributed by atoms with Gasteiger partial charge in [0.1, 0.15) is 24.1 Å². The molecular formula is C30H32N6O3. The number of fused-ring (bicyclic) bond motifs is 1. The number of benzene rings is 3. The van der Waals surface area contributed by atoms with Gasteiger partial charge in [-0.2, -0.15) is 4.68 Å². The predicted molar refractivity (Wildman–Crippen MR) is 150 cm³/mol. The zero-order valence-electron chi connectivity index (χ0n) is 22.7. The highest BCUT2D eigenvalue weighted by atomic mass is 16.5. The molecular weight excluding hydrogens is 492 g/mol. The van der Waals surface area contributed by atoms with Gasteiger partial charge < -0.3 is 20.1 Å². The molecule has 200 valence electrons. The van der Waals surface area contributed by atoms with Gasteiger partial charge in [-0.25, -0.2) is 0 Å². The van der Waals surface area contributed by atoms with E-state index in [1.807, 2.05) is 43.3 Å². The van der Waals surface area contributed by atoms with Crippen molar-refractivity contribution < 1.29 is 14.3 Å². The molecule has 0 aliphatic carbocycles. The number of tetrazole rings is 1. The molecule has 0 saturated carbocycles. The number of hydrogen-bond acceptors (Lipinski definition) is 7. The number of amides is 1. The molecule has 1 amide bonds. The van der Waals surface area contributed by atoms with Crippen LogP contribution in [0.1, 0.15) is 50.4 Å². The Morgan fingerprint density at radius 3 is 2.41 bits per heavy atom. The summed E-state index contributed by atoms with van der Waals surface area (Å²) >= 11 is 0. The number of allylic oxidation sites excluding steroid dienone is 1. The summed E-state index contributed by atoms with van der Waals surface area (Å²) in [7, 11) is 1.57. The molecule has 1 unspecified atom stereocenters. The van der Waals surface area contributed by atoms with Gasteiger partial charge in [0.2, 0.25) is 5.95 Å². The zero-order valence-corrected chi connectivity index (χ0v) is 22.7. The monoisotopic (exact) mass is 524 g/mol. The van der Waals surface area contributed by atoms with E-state index in [1.165, 1.54) is 5.56 Å². The molecule has 0 radical (unpaired) electrons. The van der Waals surface area contributed by atoms with Crippen LogP contribution >= 0.6 is 0 Å². The van der Waals surface area contributed by atoms with Crippen LogP contribution < -0.4 is 20.1 Å². The van der Waals surface area contributed by atoms with E-state index in [4.69, 9.17) is 9.47 Å². The van der Waals surface area contributed by atoms with Gasteiger partial charge in [0.05, 0.1) is 18.4 Å². The lowest BCUT2D eigenvalue weighted by molar-refractivity contribution is -0.113. The maximum absolute atomic E-state index is 13.8. The van der Waals surface area contributed by atoms with Crippen molar-refractivity contribution in [1.29, 1.82) is 0 Å². The van der Waals surface area contributed by atoms with Crippen molar-refractivity contribution in [2.75, 3.05) is 17.7 Å². The Bertz CT molecular complexity index is 1520. The van der Waals surface area contributed by atoms with Crippen molar-refractivity contribution >= 4 is 17.5 Å². The summed E-state index contributed by atoms with van der Waals surface area (Å²) in [4.78, 5) is 13.8. The number of methoxy groups -OCH3 is 1. The van der Waals surface area contributed by atoms with Gasteiger partial charge >= 0.3 is 0 Å². The van der Waals surface area contributed by atoms with E-state index in [-0.39, 0.29) is 11.3 Å². The zero-order chi connectivity index (χ0) is 27.6. The van der Waals surface area contributed by atoms with Crippen molar-refractivity contribution in [3.8, 4) is 11.5 Å². The first-order valence-corrected chi connectivity index (χ1v) is 12.8. The predicted octanol–water partition coefficient (Wildman–Crippen LogP) is 5.49. The number of rotatable bonds is 7. The first-order valence-electron chi connectivity index (χ1n) is 12.8. The molecule has 2 heterocycles. The summed E-state index contributed by atoms with van der Waals surface area (Å²) in [5.74, 6) is 1.34. The van der Waals surface area contributed by atoms with Gasteiger partial charge in [0.25, 0.3) is 5.91 Å². The third-order valence-electron chi connectivity index (χ3n) is 6.74. The Balaban J connectivity index is 1.48. The molecule has 4 aromatic rings. The minimum Gasteiger partial charge on any atom is -0.495 e. The number of hydrogen-bond donors (Lipinski definition) is 2. The van der Waals surface area contributed by atoms with E-state index in [2.05, 4.69) is 71.2 Å². The summed E-state index contributed by atoms with van der Waals surface area (Å²) in [6, 6.07) is 22.8. The molecule has 9 heteroatoms. The van der Waals surface area contributed by atoms with Crippen LogP contribution in [-0.4, -0.2) is 33.2 Å². The fraction of sp³-hybridized carbons (Fsp3) is 0.267. The number of nitrogens with one attached hydrogen (secondary N) is 2. The molecule has 0 bridgehead atoms. The van der Waals surface area contributed by atoms with Crippen LogP contribution in [0.4, 0.5) is 11.6 Å². The minimum absolute atomic E-state index is 0.0789. The number of nitrogens with zero attached hydrogens (tertiary/aromatic N) is 4. The average molecular weight is 525 g/mol. The van der Waals surface area contributed by atoms with Crippen LogP contribution in [0.25, 0.3) is 0 Å². The molecule has 5 rings (SSSR count).